The van der Waals surface area contributed by atoms with Gasteiger partial charge in [0.1, 0.15) is 5.75 Å². The van der Waals surface area contributed by atoms with Crippen molar-refractivity contribution in [1.29, 1.82) is 0 Å². The monoisotopic (exact) mass is 370 g/mol. The Morgan fingerprint density at radius 2 is 1.96 bits per heavy atom. The van der Waals surface area contributed by atoms with E-state index in [1.165, 1.54) is 0 Å². The minimum Gasteiger partial charge on any atom is -0.497 e. The summed E-state index contributed by atoms with van der Waals surface area (Å²) in [5, 5.41) is 3.54. The number of halogens is 3. The summed E-state index contributed by atoms with van der Waals surface area (Å²) in [6.45, 7) is 2.10. The lowest BCUT2D eigenvalue weighted by Crippen LogP contribution is -2.37. The second-order valence-corrected chi connectivity index (χ2v) is 6.47. The second kappa shape index (κ2) is 7.14. The number of nitrogens with zero attached hydrogens (tertiary/aromatic N) is 4. The largest absolute Gasteiger partial charge is 0.497 e. The molecule has 1 saturated heterocycles. The fourth-order valence-corrected chi connectivity index (χ4v) is 3.29. The molecule has 2 heterocycles. The van der Waals surface area contributed by atoms with E-state index in [1.54, 1.807) is 7.11 Å². The predicted molar refractivity (Wildman–Crippen MR) is 89.0 cm³/mol. The fourth-order valence-electron chi connectivity index (χ4n) is 3.29. The highest BCUT2D eigenvalue weighted by Crippen LogP contribution is 2.28. The molecule has 0 aliphatic carbocycles. The van der Waals surface area contributed by atoms with Crippen LogP contribution in [0.3, 0.4) is 0 Å². The Hall–Kier alpha value is -2.29. The number of piperidine rings is 1. The van der Waals surface area contributed by atoms with E-state index in [4.69, 9.17) is 4.74 Å². The number of rotatable bonds is 4. The topological polar surface area (TPSA) is 52.3 Å². The van der Waals surface area contributed by atoms with E-state index < -0.39 is 17.7 Å². The molecule has 1 aliphatic rings. The van der Waals surface area contributed by atoms with Crippen molar-refractivity contribution in [3.05, 3.63) is 46.1 Å². The highest BCUT2D eigenvalue weighted by molar-refractivity contribution is 5.28. The molecule has 1 aromatic heterocycles. The summed E-state index contributed by atoms with van der Waals surface area (Å²) >= 11 is 0. The zero-order valence-electron chi connectivity index (χ0n) is 14.7. The van der Waals surface area contributed by atoms with Gasteiger partial charge in [0.2, 0.25) is 5.82 Å². The molecule has 1 aromatic carbocycles. The highest BCUT2D eigenvalue weighted by Gasteiger charge is 2.39. The van der Waals surface area contributed by atoms with Crippen LogP contribution in [0.1, 0.15) is 30.3 Å². The minimum absolute atomic E-state index is 0.314. The average molecular weight is 370 g/mol. The fraction of sp³-hybridized carbons (Fsp3) is 0.529. The first-order valence-corrected chi connectivity index (χ1v) is 8.37. The third-order valence-corrected chi connectivity index (χ3v) is 4.70. The molecule has 0 N–H and O–H groups in total. The summed E-state index contributed by atoms with van der Waals surface area (Å²) < 4.78 is 45.5. The number of methoxy groups -OCH3 is 1. The van der Waals surface area contributed by atoms with Gasteiger partial charge in [0, 0.05) is 26.7 Å². The van der Waals surface area contributed by atoms with E-state index in [9.17, 15) is 18.0 Å². The Kier molecular flexibility index (Phi) is 5.08. The van der Waals surface area contributed by atoms with E-state index in [1.807, 2.05) is 24.3 Å². The Morgan fingerprint density at radius 1 is 1.27 bits per heavy atom. The van der Waals surface area contributed by atoms with Crippen molar-refractivity contribution in [3.8, 4) is 5.75 Å². The van der Waals surface area contributed by atoms with Crippen molar-refractivity contribution in [2.75, 3.05) is 20.2 Å². The first-order chi connectivity index (χ1) is 12.3. The van der Waals surface area contributed by atoms with E-state index in [2.05, 4.69) is 10.00 Å². The molecular formula is C17H21F3N4O2. The number of hydrogen-bond acceptors (Lipinski definition) is 4. The van der Waals surface area contributed by atoms with Crippen LogP contribution in [0.25, 0.3) is 0 Å². The normalized spacial score (nSPS) is 16.8. The van der Waals surface area contributed by atoms with Gasteiger partial charge in [-0.3, -0.25) is 9.47 Å². The first-order valence-electron chi connectivity index (χ1n) is 8.37. The smallest absolute Gasteiger partial charge is 0.451 e. The molecule has 0 atom stereocenters. The zero-order valence-corrected chi connectivity index (χ0v) is 14.7. The van der Waals surface area contributed by atoms with Gasteiger partial charge in [-0.05, 0) is 30.5 Å². The van der Waals surface area contributed by atoms with Gasteiger partial charge >= 0.3 is 11.9 Å². The lowest BCUT2D eigenvalue weighted by molar-refractivity contribution is -0.147. The first kappa shape index (κ1) is 18.5. The molecule has 0 amide bonds. The third kappa shape index (κ3) is 3.77. The maximum atomic E-state index is 12.9. The molecule has 0 unspecified atom stereocenters. The number of ether oxygens (including phenoxy) is 1. The summed E-state index contributed by atoms with van der Waals surface area (Å²) in [7, 11) is 2.72. The molecular weight excluding hydrogens is 349 g/mol. The SMILES string of the molecule is COc1cccc(CN2CCC(n3nc(C(F)(F)F)n(C)c3=O)CC2)c1. The van der Waals surface area contributed by atoms with E-state index in [0.29, 0.717) is 30.5 Å². The van der Waals surface area contributed by atoms with Gasteiger partial charge in [-0.1, -0.05) is 12.1 Å². The summed E-state index contributed by atoms with van der Waals surface area (Å²) in [6, 6.07) is 7.46. The Morgan fingerprint density at radius 3 is 2.54 bits per heavy atom. The molecule has 9 heteroatoms. The van der Waals surface area contributed by atoms with Crippen LogP contribution in [0, 0.1) is 0 Å². The summed E-state index contributed by atoms with van der Waals surface area (Å²) in [5.41, 5.74) is 0.390. The lowest BCUT2D eigenvalue weighted by Gasteiger charge is -2.31. The van der Waals surface area contributed by atoms with Gasteiger partial charge in [-0.25, -0.2) is 9.48 Å². The Balaban J connectivity index is 1.66. The zero-order chi connectivity index (χ0) is 18.9. The molecule has 3 rings (SSSR count). The van der Waals surface area contributed by atoms with Crippen molar-refractivity contribution in [2.45, 2.75) is 31.6 Å². The molecule has 142 valence electrons. The number of likely N-dealkylation sites (tertiary alicyclic amines) is 1. The molecule has 1 aliphatic heterocycles. The molecule has 6 nitrogen and oxygen atoms in total. The molecule has 26 heavy (non-hydrogen) atoms. The Bertz CT molecular complexity index is 820. The van der Waals surface area contributed by atoms with E-state index in [0.717, 1.165) is 29.6 Å². The number of aromatic nitrogens is 3. The number of benzene rings is 1. The van der Waals surface area contributed by atoms with Gasteiger partial charge < -0.3 is 4.74 Å². The van der Waals surface area contributed by atoms with Crippen LogP contribution >= 0.6 is 0 Å². The second-order valence-electron chi connectivity index (χ2n) is 6.47. The minimum atomic E-state index is -4.63. The van der Waals surface area contributed by atoms with Crippen LogP contribution in [0.5, 0.6) is 5.75 Å². The van der Waals surface area contributed by atoms with Crippen molar-refractivity contribution in [1.82, 2.24) is 19.2 Å². The molecule has 0 radical (unpaired) electrons. The lowest BCUT2D eigenvalue weighted by atomic mass is 10.0. The van der Waals surface area contributed by atoms with Crippen molar-refractivity contribution in [3.63, 3.8) is 0 Å². The van der Waals surface area contributed by atoms with Gasteiger partial charge in [0.15, 0.2) is 0 Å². The van der Waals surface area contributed by atoms with Crippen LogP contribution in [0.15, 0.2) is 29.1 Å². The molecule has 1 fully saturated rings. The van der Waals surface area contributed by atoms with Gasteiger partial charge in [0.05, 0.1) is 13.2 Å². The van der Waals surface area contributed by atoms with E-state index >= 15 is 0 Å². The molecule has 0 bridgehead atoms. The molecule has 0 saturated carbocycles. The number of alkyl halides is 3. The Labute approximate surface area is 148 Å². The van der Waals surface area contributed by atoms with Crippen molar-refractivity contribution in [2.24, 2.45) is 7.05 Å². The van der Waals surface area contributed by atoms with E-state index in [-0.39, 0.29) is 6.04 Å². The average Bonchev–Trinajstić information content (AvgIpc) is 2.91. The van der Waals surface area contributed by atoms with Crippen LogP contribution in [0.2, 0.25) is 0 Å². The maximum Gasteiger partial charge on any atom is 0.451 e. The van der Waals surface area contributed by atoms with Gasteiger partial charge in [-0.15, -0.1) is 5.10 Å². The highest BCUT2D eigenvalue weighted by atomic mass is 19.4. The molecule has 0 spiro atoms. The van der Waals surface area contributed by atoms with Crippen molar-refractivity contribution < 1.29 is 17.9 Å². The van der Waals surface area contributed by atoms with Crippen molar-refractivity contribution >= 4 is 0 Å². The summed E-state index contributed by atoms with van der Waals surface area (Å²) in [5.74, 6) is -0.363. The van der Waals surface area contributed by atoms with Crippen LogP contribution < -0.4 is 10.4 Å². The van der Waals surface area contributed by atoms with Gasteiger partial charge in [0.25, 0.3) is 0 Å². The third-order valence-electron chi connectivity index (χ3n) is 4.70. The quantitative estimate of drug-likeness (QED) is 0.830. The van der Waals surface area contributed by atoms with Crippen LogP contribution in [-0.4, -0.2) is 39.4 Å². The summed E-state index contributed by atoms with van der Waals surface area (Å²) in [6.07, 6.45) is -3.47. The molecule has 2 aromatic rings. The standard InChI is InChI=1S/C17H21F3N4O2/c1-22-15(17(18,19)20)21-24(16(22)25)13-6-8-23(9-7-13)11-12-4-3-5-14(10-12)26-2/h3-5,10,13H,6-9,11H2,1-2H3. The van der Waals surface area contributed by atoms with Crippen LogP contribution in [-0.2, 0) is 19.8 Å². The maximum absolute atomic E-state index is 12.9. The van der Waals surface area contributed by atoms with Gasteiger partial charge in [-0.2, -0.15) is 13.2 Å². The van der Waals surface area contributed by atoms with Crippen LogP contribution in [0.4, 0.5) is 13.2 Å². The predicted octanol–water partition coefficient (Wildman–Crippen LogP) is 2.45. The summed E-state index contributed by atoms with van der Waals surface area (Å²) in [4.78, 5) is 14.3. The number of hydrogen-bond donors (Lipinski definition) is 0.